The number of rotatable bonds is 4. The molecule has 0 saturated carbocycles. The van der Waals surface area contributed by atoms with E-state index in [4.69, 9.17) is 19.4 Å². The lowest BCUT2D eigenvalue weighted by Gasteiger charge is -2.11. The molecule has 4 heterocycles. The third-order valence-electron chi connectivity index (χ3n) is 8.01. The fourth-order valence-corrected chi connectivity index (χ4v) is 5.98. The molecule has 0 aliphatic carbocycles. The van der Waals surface area contributed by atoms with Gasteiger partial charge in [0, 0.05) is 50.8 Å². The summed E-state index contributed by atoms with van der Waals surface area (Å²) in [6.07, 6.45) is 3.32. The molecule has 0 bridgehead atoms. The van der Waals surface area contributed by atoms with Gasteiger partial charge in [0.1, 0.15) is 11.9 Å². The molecule has 7 heteroatoms. The fourth-order valence-electron chi connectivity index (χ4n) is 5.98. The lowest BCUT2D eigenvalue weighted by atomic mass is 10.1. The summed E-state index contributed by atoms with van der Waals surface area (Å²) in [5, 5.41) is 4.18. The first-order valence-corrected chi connectivity index (χ1v) is 14.3. The van der Waals surface area contributed by atoms with Gasteiger partial charge in [-0.15, -0.1) is 0 Å². The van der Waals surface area contributed by atoms with Crippen molar-refractivity contribution in [2.75, 3.05) is 0 Å². The van der Waals surface area contributed by atoms with E-state index in [2.05, 4.69) is 69.1 Å². The molecule has 0 unspecified atom stereocenters. The first-order valence-electron chi connectivity index (χ1n) is 14.3. The van der Waals surface area contributed by atoms with Gasteiger partial charge in [0.15, 0.2) is 17.5 Å². The molecule has 0 radical (unpaired) electrons. The summed E-state index contributed by atoms with van der Waals surface area (Å²) in [5.74, 6) is 1.87. The molecule has 0 aliphatic rings. The standard InChI is InChI=1S/C37H22N6O/c1-3-10-23(11-4-1)34-40-35(24-12-5-2-6-13-24)42-36(41-34)25-14-9-15-26(18-25)43-31-17-8-7-16-27(31)28-19-29-30-21-38-22-39-37(30)44-33(29)20-32(28)43/h1-22H. The summed E-state index contributed by atoms with van der Waals surface area (Å²) in [6.45, 7) is 0. The van der Waals surface area contributed by atoms with Crippen LogP contribution >= 0.6 is 0 Å². The van der Waals surface area contributed by atoms with Gasteiger partial charge in [0.25, 0.3) is 0 Å². The molecule has 7 nitrogen and oxygen atoms in total. The quantitative estimate of drug-likeness (QED) is 0.212. The maximum absolute atomic E-state index is 6.16. The number of aromatic nitrogens is 6. The lowest BCUT2D eigenvalue weighted by molar-refractivity contribution is 0.653. The predicted molar refractivity (Wildman–Crippen MR) is 173 cm³/mol. The molecule has 9 rings (SSSR count). The Morgan fingerprint density at radius 2 is 1.16 bits per heavy atom. The molecular weight excluding hydrogens is 544 g/mol. The second-order valence-corrected chi connectivity index (χ2v) is 10.7. The van der Waals surface area contributed by atoms with Crippen molar-refractivity contribution in [2.24, 2.45) is 0 Å². The highest BCUT2D eigenvalue weighted by molar-refractivity contribution is 6.16. The van der Waals surface area contributed by atoms with Crippen LogP contribution in [0.2, 0.25) is 0 Å². The van der Waals surface area contributed by atoms with Crippen LogP contribution in [0.1, 0.15) is 0 Å². The van der Waals surface area contributed by atoms with Crippen molar-refractivity contribution in [2.45, 2.75) is 0 Å². The number of nitrogens with zero attached hydrogens (tertiary/aromatic N) is 6. The van der Waals surface area contributed by atoms with E-state index in [0.717, 1.165) is 60.5 Å². The molecule has 5 aromatic carbocycles. The summed E-state index contributed by atoms with van der Waals surface area (Å²) in [4.78, 5) is 23.3. The number of benzene rings is 5. The van der Waals surface area contributed by atoms with Gasteiger partial charge in [-0.3, -0.25) is 0 Å². The molecule has 0 N–H and O–H groups in total. The smallest absolute Gasteiger partial charge is 0.230 e. The van der Waals surface area contributed by atoms with Crippen LogP contribution in [0, 0.1) is 0 Å². The Morgan fingerprint density at radius 3 is 1.91 bits per heavy atom. The molecule has 0 saturated heterocycles. The van der Waals surface area contributed by atoms with Crippen molar-refractivity contribution in [3.8, 4) is 39.9 Å². The maximum Gasteiger partial charge on any atom is 0.230 e. The summed E-state index contributed by atoms with van der Waals surface area (Å²) in [5.41, 5.74) is 7.24. The normalized spacial score (nSPS) is 11.6. The Balaban J connectivity index is 1.27. The first kappa shape index (κ1) is 24.4. The Kier molecular flexibility index (Phi) is 5.36. The Hall–Kier alpha value is -6.21. The van der Waals surface area contributed by atoms with Gasteiger partial charge in [0.2, 0.25) is 5.71 Å². The minimum atomic E-state index is 0.582. The second-order valence-electron chi connectivity index (χ2n) is 10.7. The van der Waals surface area contributed by atoms with Crippen LogP contribution in [0.3, 0.4) is 0 Å². The van der Waals surface area contributed by atoms with Crippen molar-refractivity contribution in [1.82, 2.24) is 29.5 Å². The average molecular weight is 567 g/mol. The van der Waals surface area contributed by atoms with Crippen molar-refractivity contribution < 1.29 is 4.42 Å². The van der Waals surface area contributed by atoms with Crippen LogP contribution in [0.15, 0.2) is 138 Å². The van der Waals surface area contributed by atoms with E-state index in [-0.39, 0.29) is 0 Å². The third kappa shape index (κ3) is 3.87. The van der Waals surface area contributed by atoms with E-state index in [1.807, 2.05) is 72.9 Å². The highest BCUT2D eigenvalue weighted by Gasteiger charge is 2.18. The van der Waals surface area contributed by atoms with Crippen molar-refractivity contribution in [3.05, 3.63) is 134 Å². The molecule has 206 valence electrons. The minimum Gasteiger partial charge on any atom is -0.438 e. The maximum atomic E-state index is 6.16. The summed E-state index contributed by atoms with van der Waals surface area (Å²) < 4.78 is 8.43. The predicted octanol–water partition coefficient (Wildman–Crippen LogP) is 8.66. The zero-order valence-electron chi connectivity index (χ0n) is 23.3. The van der Waals surface area contributed by atoms with Crippen LogP contribution in [-0.4, -0.2) is 29.5 Å². The lowest BCUT2D eigenvalue weighted by Crippen LogP contribution is -2.01. The molecule has 0 atom stereocenters. The van der Waals surface area contributed by atoms with Crippen LogP contribution in [0.5, 0.6) is 0 Å². The Morgan fingerprint density at radius 1 is 0.500 bits per heavy atom. The highest BCUT2D eigenvalue weighted by Crippen LogP contribution is 2.38. The summed E-state index contributed by atoms with van der Waals surface area (Å²) >= 11 is 0. The van der Waals surface area contributed by atoms with Gasteiger partial charge in [-0.25, -0.2) is 24.9 Å². The van der Waals surface area contributed by atoms with Gasteiger partial charge in [-0.1, -0.05) is 91.0 Å². The van der Waals surface area contributed by atoms with Gasteiger partial charge >= 0.3 is 0 Å². The van der Waals surface area contributed by atoms with Gasteiger partial charge in [-0.05, 0) is 24.3 Å². The minimum absolute atomic E-state index is 0.582. The van der Waals surface area contributed by atoms with Gasteiger partial charge in [0.05, 0.1) is 16.4 Å². The van der Waals surface area contributed by atoms with Crippen LogP contribution < -0.4 is 0 Å². The Labute approximate surface area is 251 Å². The number of fused-ring (bicyclic) bond motifs is 6. The van der Waals surface area contributed by atoms with E-state index in [9.17, 15) is 0 Å². The molecule has 4 aromatic heterocycles. The van der Waals surface area contributed by atoms with E-state index >= 15 is 0 Å². The zero-order valence-corrected chi connectivity index (χ0v) is 23.3. The van der Waals surface area contributed by atoms with Crippen LogP contribution in [0.25, 0.3) is 83.7 Å². The molecule has 0 aliphatic heterocycles. The van der Waals surface area contributed by atoms with E-state index < -0.39 is 0 Å². The van der Waals surface area contributed by atoms with Gasteiger partial charge in [-0.2, -0.15) is 0 Å². The SMILES string of the molecule is c1ccc(-c2nc(-c3ccccc3)nc(-c3cccc(-n4c5ccccc5c5cc6c(cc54)oc4ncncc46)c3)n2)cc1. The number of hydrogen-bond acceptors (Lipinski definition) is 6. The van der Waals surface area contributed by atoms with Gasteiger partial charge < -0.3 is 8.98 Å². The summed E-state index contributed by atoms with van der Waals surface area (Å²) in [6, 6.07) is 41.1. The van der Waals surface area contributed by atoms with Crippen molar-refractivity contribution >= 4 is 43.9 Å². The monoisotopic (exact) mass is 566 g/mol. The largest absolute Gasteiger partial charge is 0.438 e. The molecule has 44 heavy (non-hydrogen) atoms. The second kappa shape index (κ2) is 9.68. The molecule has 9 aromatic rings. The zero-order chi connectivity index (χ0) is 29.0. The van der Waals surface area contributed by atoms with Crippen molar-refractivity contribution in [1.29, 1.82) is 0 Å². The highest BCUT2D eigenvalue weighted by atomic mass is 16.3. The Bertz CT molecular complexity index is 2440. The van der Waals surface area contributed by atoms with Crippen molar-refractivity contribution in [3.63, 3.8) is 0 Å². The first-order chi connectivity index (χ1) is 21.8. The average Bonchev–Trinajstić information content (AvgIpc) is 3.62. The number of para-hydroxylation sites is 1. The van der Waals surface area contributed by atoms with E-state index in [1.54, 1.807) is 0 Å². The number of hydrogen-bond donors (Lipinski definition) is 0. The van der Waals surface area contributed by atoms with Crippen LogP contribution in [-0.2, 0) is 0 Å². The van der Waals surface area contributed by atoms with E-state index in [0.29, 0.717) is 23.2 Å². The molecular formula is C37H22N6O. The molecule has 0 amide bonds. The molecule has 0 spiro atoms. The molecule has 0 fully saturated rings. The fraction of sp³-hybridized carbons (Fsp3) is 0. The van der Waals surface area contributed by atoms with Crippen LogP contribution in [0.4, 0.5) is 0 Å². The van der Waals surface area contributed by atoms with E-state index in [1.165, 1.54) is 6.33 Å². The summed E-state index contributed by atoms with van der Waals surface area (Å²) in [7, 11) is 0. The third-order valence-corrected chi connectivity index (χ3v) is 8.01. The topological polar surface area (TPSA) is 82.5 Å². The number of furan rings is 1.